The van der Waals surface area contributed by atoms with E-state index < -0.39 is 5.82 Å². The summed E-state index contributed by atoms with van der Waals surface area (Å²) in [4.78, 5) is 12.2. The second kappa shape index (κ2) is 5.88. The van der Waals surface area contributed by atoms with E-state index in [1.807, 2.05) is 13.0 Å². The van der Waals surface area contributed by atoms with Gasteiger partial charge in [0, 0.05) is 17.2 Å². The van der Waals surface area contributed by atoms with Gasteiger partial charge < -0.3 is 9.88 Å². The number of hydrogen-bond acceptors (Lipinski definition) is 2. The van der Waals surface area contributed by atoms with Crippen molar-refractivity contribution in [1.29, 1.82) is 5.26 Å². The molecule has 0 spiro atoms. The van der Waals surface area contributed by atoms with E-state index in [-0.39, 0.29) is 11.5 Å². The third-order valence-electron chi connectivity index (χ3n) is 2.79. The number of nitriles is 1. The van der Waals surface area contributed by atoms with Crippen LogP contribution >= 0.6 is 15.9 Å². The van der Waals surface area contributed by atoms with Gasteiger partial charge in [-0.3, -0.25) is 4.79 Å². The molecule has 6 heteroatoms. The first-order valence-corrected chi connectivity index (χ1v) is 6.71. The van der Waals surface area contributed by atoms with Crippen LogP contribution in [0, 0.1) is 17.1 Å². The molecule has 1 N–H and O–H groups in total. The van der Waals surface area contributed by atoms with Gasteiger partial charge in [0.15, 0.2) is 0 Å². The first kappa shape index (κ1) is 14.3. The fourth-order valence-corrected chi connectivity index (χ4v) is 2.30. The number of aryl methyl sites for hydroxylation is 1. The van der Waals surface area contributed by atoms with Crippen molar-refractivity contribution in [3.63, 3.8) is 0 Å². The highest BCUT2D eigenvalue weighted by Crippen LogP contribution is 2.19. The van der Waals surface area contributed by atoms with Crippen LogP contribution in [0.3, 0.4) is 0 Å². The van der Waals surface area contributed by atoms with Crippen molar-refractivity contribution in [3.8, 4) is 6.07 Å². The Morgan fingerprint density at radius 2 is 2.25 bits per heavy atom. The minimum absolute atomic E-state index is 0.0898. The summed E-state index contributed by atoms with van der Waals surface area (Å²) in [7, 11) is 0. The molecule has 0 fully saturated rings. The molecule has 102 valence electrons. The van der Waals surface area contributed by atoms with E-state index in [1.165, 1.54) is 12.1 Å². The summed E-state index contributed by atoms with van der Waals surface area (Å²) >= 11 is 3.31. The molecular formula is C14H11BrFN3O. The molecule has 2 rings (SSSR count). The lowest BCUT2D eigenvalue weighted by Gasteiger charge is -2.09. The largest absolute Gasteiger partial charge is 0.343 e. The van der Waals surface area contributed by atoms with E-state index >= 15 is 0 Å². The van der Waals surface area contributed by atoms with E-state index in [4.69, 9.17) is 5.26 Å². The lowest BCUT2D eigenvalue weighted by Crippen LogP contribution is -2.17. The normalized spacial score (nSPS) is 10.1. The molecule has 0 aliphatic rings. The molecule has 0 saturated carbocycles. The summed E-state index contributed by atoms with van der Waals surface area (Å²) in [6, 6.07) is 7.21. The number of hydrogen-bond donors (Lipinski definition) is 1. The Balaban J connectivity index is 2.30. The number of carbonyl (C=O) groups excluding carboxylic acids is 1. The van der Waals surface area contributed by atoms with Crippen LogP contribution in [0.1, 0.15) is 23.0 Å². The van der Waals surface area contributed by atoms with Gasteiger partial charge in [-0.25, -0.2) is 4.39 Å². The highest BCUT2D eigenvalue weighted by atomic mass is 79.9. The molecule has 0 aliphatic heterocycles. The smallest absolute Gasteiger partial charge is 0.272 e. The third kappa shape index (κ3) is 2.89. The molecule has 4 nitrogen and oxygen atoms in total. The molecule has 0 atom stereocenters. The van der Waals surface area contributed by atoms with Crippen LogP contribution in [0.5, 0.6) is 0 Å². The maximum atomic E-state index is 13.0. The Morgan fingerprint density at radius 1 is 1.50 bits per heavy atom. The topological polar surface area (TPSA) is 57.8 Å². The number of carbonyl (C=O) groups is 1. The number of halogens is 2. The zero-order chi connectivity index (χ0) is 14.7. The van der Waals surface area contributed by atoms with Gasteiger partial charge in [0.2, 0.25) is 0 Å². The van der Waals surface area contributed by atoms with Crippen molar-refractivity contribution in [2.24, 2.45) is 0 Å². The van der Waals surface area contributed by atoms with Crippen molar-refractivity contribution in [1.82, 2.24) is 4.57 Å². The summed E-state index contributed by atoms with van der Waals surface area (Å²) in [6.45, 7) is 2.56. The van der Waals surface area contributed by atoms with E-state index in [2.05, 4.69) is 21.2 Å². The second-order valence-corrected chi connectivity index (χ2v) is 5.00. The van der Waals surface area contributed by atoms with Gasteiger partial charge in [-0.15, -0.1) is 0 Å². The van der Waals surface area contributed by atoms with Crippen LogP contribution in [0.2, 0.25) is 0 Å². The molecule has 0 unspecified atom stereocenters. The monoisotopic (exact) mass is 335 g/mol. The van der Waals surface area contributed by atoms with Crippen molar-refractivity contribution in [2.75, 3.05) is 5.32 Å². The van der Waals surface area contributed by atoms with Crippen molar-refractivity contribution in [3.05, 3.63) is 52.0 Å². The number of anilines is 1. The average Bonchev–Trinajstić information content (AvgIpc) is 2.82. The van der Waals surface area contributed by atoms with Crippen molar-refractivity contribution >= 4 is 27.5 Å². The molecule has 1 amide bonds. The van der Waals surface area contributed by atoms with Crippen molar-refractivity contribution < 1.29 is 9.18 Å². The molecule has 2 aromatic rings. The maximum absolute atomic E-state index is 13.0. The second-order valence-electron chi connectivity index (χ2n) is 4.09. The number of rotatable bonds is 3. The van der Waals surface area contributed by atoms with Gasteiger partial charge in [-0.2, -0.15) is 5.26 Å². The van der Waals surface area contributed by atoms with E-state index in [1.54, 1.807) is 16.8 Å². The molecule has 0 bridgehead atoms. The van der Waals surface area contributed by atoms with Crippen LogP contribution in [0.15, 0.2) is 34.9 Å². The molecular weight excluding hydrogens is 325 g/mol. The predicted molar refractivity (Wildman–Crippen MR) is 76.9 cm³/mol. The Morgan fingerprint density at radius 3 is 2.90 bits per heavy atom. The summed E-state index contributed by atoms with van der Waals surface area (Å²) in [5, 5.41) is 11.6. The Hall–Kier alpha value is -2.13. The quantitative estimate of drug-likeness (QED) is 0.932. The van der Waals surface area contributed by atoms with Gasteiger partial charge in [-0.05, 0) is 47.1 Å². The summed E-state index contributed by atoms with van der Waals surface area (Å²) < 4.78 is 15.6. The van der Waals surface area contributed by atoms with E-state index in [9.17, 15) is 9.18 Å². The van der Waals surface area contributed by atoms with Crippen LogP contribution in [0.25, 0.3) is 0 Å². The van der Waals surface area contributed by atoms with Crippen LogP contribution in [-0.4, -0.2) is 10.5 Å². The SMILES string of the molecule is CCn1cc(Br)cc1C(=O)Nc1ccc(F)cc1C#N. The van der Waals surface area contributed by atoms with Crippen LogP contribution in [0.4, 0.5) is 10.1 Å². The molecule has 0 aliphatic carbocycles. The molecule has 1 heterocycles. The van der Waals surface area contributed by atoms with E-state index in [0.717, 1.165) is 10.5 Å². The fourth-order valence-electron chi connectivity index (χ4n) is 1.83. The average molecular weight is 336 g/mol. The Kier molecular flexibility index (Phi) is 4.20. The van der Waals surface area contributed by atoms with Crippen LogP contribution < -0.4 is 5.32 Å². The van der Waals surface area contributed by atoms with E-state index in [0.29, 0.717) is 17.9 Å². The lowest BCUT2D eigenvalue weighted by molar-refractivity contribution is 0.101. The lowest BCUT2D eigenvalue weighted by atomic mass is 10.2. The maximum Gasteiger partial charge on any atom is 0.272 e. The predicted octanol–water partition coefficient (Wildman–Crippen LogP) is 3.53. The number of amides is 1. The minimum atomic E-state index is -0.515. The molecule has 0 saturated heterocycles. The highest BCUT2D eigenvalue weighted by Gasteiger charge is 2.14. The third-order valence-corrected chi connectivity index (χ3v) is 3.22. The molecule has 1 aromatic heterocycles. The van der Waals surface area contributed by atoms with Crippen LogP contribution in [-0.2, 0) is 6.54 Å². The highest BCUT2D eigenvalue weighted by molar-refractivity contribution is 9.10. The molecule has 1 aromatic carbocycles. The van der Waals surface area contributed by atoms with Gasteiger partial charge >= 0.3 is 0 Å². The first-order valence-electron chi connectivity index (χ1n) is 5.91. The minimum Gasteiger partial charge on any atom is -0.343 e. The van der Waals surface area contributed by atoms with Gasteiger partial charge in [0.25, 0.3) is 5.91 Å². The van der Waals surface area contributed by atoms with Gasteiger partial charge in [0.05, 0.1) is 11.3 Å². The number of nitrogens with zero attached hydrogens (tertiary/aromatic N) is 2. The zero-order valence-corrected chi connectivity index (χ0v) is 12.2. The standard InChI is InChI=1S/C14H11BrFN3O/c1-2-19-8-10(15)6-13(19)14(20)18-12-4-3-11(16)5-9(12)7-17/h3-6,8H,2H2,1H3,(H,18,20). The summed E-state index contributed by atoms with van der Waals surface area (Å²) in [5.41, 5.74) is 0.846. The van der Waals surface area contributed by atoms with Gasteiger partial charge in [-0.1, -0.05) is 0 Å². The summed E-state index contributed by atoms with van der Waals surface area (Å²) in [5.74, 6) is -0.861. The fraction of sp³-hybridized carbons (Fsp3) is 0.143. The molecule has 20 heavy (non-hydrogen) atoms. The Labute approximate surface area is 124 Å². The zero-order valence-electron chi connectivity index (χ0n) is 10.7. The van der Waals surface area contributed by atoms with Gasteiger partial charge in [0.1, 0.15) is 17.6 Å². The number of benzene rings is 1. The number of aromatic nitrogens is 1. The number of nitrogens with one attached hydrogen (secondary N) is 1. The first-order chi connectivity index (χ1) is 9.55. The van der Waals surface area contributed by atoms with Crippen molar-refractivity contribution in [2.45, 2.75) is 13.5 Å². The summed E-state index contributed by atoms with van der Waals surface area (Å²) in [6.07, 6.45) is 1.80. The molecule has 0 radical (unpaired) electrons. The Bertz CT molecular complexity index is 703.